The van der Waals surface area contributed by atoms with E-state index in [9.17, 15) is 0 Å². The van der Waals surface area contributed by atoms with Gasteiger partial charge in [-0.05, 0) is 32.6 Å². The van der Waals surface area contributed by atoms with Gasteiger partial charge in [0.1, 0.15) is 12.4 Å². The number of rotatable bonds is 3. The fraction of sp³-hybridized carbons (Fsp3) is 0.786. The zero-order valence-corrected chi connectivity index (χ0v) is 13.1. The third kappa shape index (κ3) is 3.49. The van der Waals surface area contributed by atoms with Crippen molar-refractivity contribution >= 4 is 5.96 Å². The molecule has 0 aromatic carbocycles. The van der Waals surface area contributed by atoms with Crippen molar-refractivity contribution < 1.29 is 0 Å². The Hall–Kier alpha value is -1.59. The summed E-state index contributed by atoms with van der Waals surface area (Å²) in [4.78, 5) is 7.07. The highest BCUT2D eigenvalue weighted by atomic mass is 15.3. The topological polar surface area (TPSA) is 58.3 Å². The van der Waals surface area contributed by atoms with E-state index in [1.807, 2.05) is 18.5 Å². The number of nitrogens with one attached hydrogen (secondary N) is 1. The Morgan fingerprint density at radius 2 is 2.05 bits per heavy atom. The molecule has 1 saturated heterocycles. The maximum Gasteiger partial charge on any atom is 0.194 e. The average molecular weight is 278 g/mol. The second-order valence-corrected chi connectivity index (χ2v) is 5.56. The predicted octanol–water partition coefficient (Wildman–Crippen LogP) is 1.32. The second kappa shape index (κ2) is 6.72. The van der Waals surface area contributed by atoms with Crippen LogP contribution in [0.1, 0.15) is 38.3 Å². The van der Waals surface area contributed by atoms with Crippen LogP contribution in [-0.4, -0.2) is 45.3 Å². The molecular weight excluding hydrogens is 252 g/mol. The Labute approximate surface area is 121 Å². The highest BCUT2D eigenvalue weighted by Gasteiger charge is 2.18. The monoisotopic (exact) mass is 278 g/mol. The molecule has 1 aromatic heterocycles. The van der Waals surface area contributed by atoms with Crippen LogP contribution in [0.15, 0.2) is 4.99 Å². The van der Waals surface area contributed by atoms with Gasteiger partial charge in [-0.25, -0.2) is 4.99 Å². The van der Waals surface area contributed by atoms with Gasteiger partial charge in [0.15, 0.2) is 11.8 Å². The van der Waals surface area contributed by atoms with E-state index in [2.05, 4.69) is 34.3 Å². The lowest BCUT2D eigenvalue weighted by atomic mass is 10.00. The van der Waals surface area contributed by atoms with Gasteiger partial charge in [-0.3, -0.25) is 0 Å². The summed E-state index contributed by atoms with van der Waals surface area (Å²) in [5.74, 6) is 3.66. The van der Waals surface area contributed by atoms with Gasteiger partial charge in [0.2, 0.25) is 0 Å². The SMILES string of the molecule is CCNC(=NCc1nnc(C)n1C)N1CCC(C)CC1. The highest BCUT2D eigenvalue weighted by molar-refractivity contribution is 5.80. The van der Waals surface area contributed by atoms with Gasteiger partial charge in [0, 0.05) is 26.7 Å². The summed E-state index contributed by atoms with van der Waals surface area (Å²) in [5.41, 5.74) is 0. The van der Waals surface area contributed by atoms with Crippen LogP contribution in [-0.2, 0) is 13.6 Å². The summed E-state index contributed by atoms with van der Waals surface area (Å²) < 4.78 is 1.99. The molecule has 20 heavy (non-hydrogen) atoms. The molecule has 6 nitrogen and oxygen atoms in total. The number of likely N-dealkylation sites (tertiary alicyclic amines) is 1. The van der Waals surface area contributed by atoms with E-state index < -0.39 is 0 Å². The van der Waals surface area contributed by atoms with E-state index in [0.29, 0.717) is 6.54 Å². The van der Waals surface area contributed by atoms with Gasteiger partial charge in [0.25, 0.3) is 0 Å². The molecule has 1 aliphatic rings. The van der Waals surface area contributed by atoms with Gasteiger partial charge >= 0.3 is 0 Å². The third-order valence-electron chi connectivity index (χ3n) is 3.97. The van der Waals surface area contributed by atoms with E-state index in [0.717, 1.165) is 43.2 Å². The molecule has 0 radical (unpaired) electrons. The first kappa shape index (κ1) is 14.8. The fourth-order valence-electron chi connectivity index (χ4n) is 2.38. The molecule has 112 valence electrons. The molecule has 1 fully saturated rings. The smallest absolute Gasteiger partial charge is 0.194 e. The molecule has 0 spiro atoms. The van der Waals surface area contributed by atoms with Crippen molar-refractivity contribution in [1.29, 1.82) is 0 Å². The average Bonchev–Trinajstić information content (AvgIpc) is 2.76. The standard InChI is InChI=1S/C14H26N6/c1-5-15-14(20-8-6-11(2)7-9-20)16-10-13-18-17-12(3)19(13)4/h11H,5-10H2,1-4H3,(H,15,16). The summed E-state index contributed by atoms with van der Waals surface area (Å²) in [5, 5.41) is 11.6. The Balaban J connectivity index is 2.04. The zero-order valence-electron chi connectivity index (χ0n) is 13.1. The fourth-order valence-corrected chi connectivity index (χ4v) is 2.38. The van der Waals surface area contributed by atoms with Crippen molar-refractivity contribution in [2.75, 3.05) is 19.6 Å². The van der Waals surface area contributed by atoms with Crippen molar-refractivity contribution in [3.63, 3.8) is 0 Å². The van der Waals surface area contributed by atoms with Crippen LogP contribution >= 0.6 is 0 Å². The van der Waals surface area contributed by atoms with Crippen LogP contribution in [0, 0.1) is 12.8 Å². The normalized spacial score (nSPS) is 17.6. The minimum Gasteiger partial charge on any atom is -0.357 e. The van der Waals surface area contributed by atoms with Gasteiger partial charge in [-0.1, -0.05) is 6.92 Å². The Bertz CT molecular complexity index is 456. The minimum absolute atomic E-state index is 0.575. The number of nitrogens with zero attached hydrogens (tertiary/aromatic N) is 5. The van der Waals surface area contributed by atoms with E-state index in [1.165, 1.54) is 12.8 Å². The van der Waals surface area contributed by atoms with Gasteiger partial charge in [0.05, 0.1) is 0 Å². The molecule has 0 amide bonds. The quantitative estimate of drug-likeness (QED) is 0.669. The lowest BCUT2D eigenvalue weighted by Crippen LogP contribution is -2.45. The first-order valence-corrected chi connectivity index (χ1v) is 7.50. The molecular formula is C14H26N6. The maximum absolute atomic E-state index is 4.71. The van der Waals surface area contributed by atoms with Crippen LogP contribution < -0.4 is 5.32 Å². The van der Waals surface area contributed by atoms with E-state index >= 15 is 0 Å². The number of piperidine rings is 1. The summed E-state index contributed by atoms with van der Waals surface area (Å²) in [7, 11) is 1.98. The van der Waals surface area contributed by atoms with E-state index in [1.54, 1.807) is 0 Å². The van der Waals surface area contributed by atoms with Gasteiger partial charge in [-0.2, -0.15) is 0 Å². The van der Waals surface area contributed by atoms with Crippen LogP contribution in [0.3, 0.4) is 0 Å². The number of aromatic nitrogens is 3. The molecule has 0 aliphatic carbocycles. The lowest BCUT2D eigenvalue weighted by Gasteiger charge is -2.32. The highest BCUT2D eigenvalue weighted by Crippen LogP contribution is 2.16. The van der Waals surface area contributed by atoms with Crippen molar-refractivity contribution in [2.45, 2.75) is 40.2 Å². The summed E-state index contributed by atoms with van der Waals surface area (Å²) >= 11 is 0. The first-order chi connectivity index (χ1) is 9.61. The molecule has 6 heteroatoms. The van der Waals surface area contributed by atoms with Crippen molar-refractivity contribution in [1.82, 2.24) is 25.0 Å². The maximum atomic E-state index is 4.71. The van der Waals surface area contributed by atoms with E-state index in [4.69, 9.17) is 4.99 Å². The van der Waals surface area contributed by atoms with Gasteiger partial charge in [-0.15, -0.1) is 10.2 Å². The Kier molecular flexibility index (Phi) is 4.98. The summed E-state index contributed by atoms with van der Waals surface area (Å²) in [6.07, 6.45) is 2.49. The van der Waals surface area contributed by atoms with Crippen LogP contribution in [0.5, 0.6) is 0 Å². The minimum atomic E-state index is 0.575. The second-order valence-electron chi connectivity index (χ2n) is 5.56. The number of hydrogen-bond donors (Lipinski definition) is 1. The number of hydrogen-bond acceptors (Lipinski definition) is 3. The molecule has 1 aromatic rings. The largest absolute Gasteiger partial charge is 0.357 e. The van der Waals surface area contributed by atoms with Crippen molar-refractivity contribution in [2.24, 2.45) is 18.0 Å². The summed E-state index contributed by atoms with van der Waals surface area (Å²) in [6, 6.07) is 0. The number of aliphatic imine (C=N–C) groups is 1. The van der Waals surface area contributed by atoms with Crippen molar-refractivity contribution in [3.8, 4) is 0 Å². The molecule has 0 saturated carbocycles. The molecule has 2 heterocycles. The van der Waals surface area contributed by atoms with Crippen LogP contribution in [0.25, 0.3) is 0 Å². The Morgan fingerprint density at radius 1 is 1.35 bits per heavy atom. The van der Waals surface area contributed by atoms with Crippen LogP contribution in [0.2, 0.25) is 0 Å². The Morgan fingerprint density at radius 3 is 2.60 bits per heavy atom. The molecule has 0 atom stereocenters. The van der Waals surface area contributed by atoms with Crippen LogP contribution in [0.4, 0.5) is 0 Å². The molecule has 0 unspecified atom stereocenters. The summed E-state index contributed by atoms with van der Waals surface area (Å²) in [6.45, 7) is 10.0. The van der Waals surface area contributed by atoms with Crippen molar-refractivity contribution in [3.05, 3.63) is 11.6 Å². The molecule has 1 N–H and O–H groups in total. The molecule has 2 rings (SSSR count). The predicted molar refractivity (Wildman–Crippen MR) is 80.5 cm³/mol. The van der Waals surface area contributed by atoms with Gasteiger partial charge < -0.3 is 14.8 Å². The molecule has 0 bridgehead atoms. The van der Waals surface area contributed by atoms with E-state index in [-0.39, 0.29) is 0 Å². The number of aryl methyl sites for hydroxylation is 1. The zero-order chi connectivity index (χ0) is 14.5. The lowest BCUT2D eigenvalue weighted by molar-refractivity contribution is 0.273. The third-order valence-corrected chi connectivity index (χ3v) is 3.97. The first-order valence-electron chi connectivity index (χ1n) is 7.50. The number of guanidine groups is 1. The molecule has 1 aliphatic heterocycles.